The van der Waals surface area contributed by atoms with E-state index < -0.39 is 0 Å². The van der Waals surface area contributed by atoms with Gasteiger partial charge in [-0.15, -0.1) is 0 Å². The zero-order valence-electron chi connectivity index (χ0n) is 19.4. The van der Waals surface area contributed by atoms with Gasteiger partial charge < -0.3 is 15.4 Å². The number of ether oxygens (including phenoxy) is 1. The highest BCUT2D eigenvalue weighted by atomic mass is 16.5. The van der Waals surface area contributed by atoms with Crippen molar-refractivity contribution in [2.45, 2.75) is 57.5 Å². The van der Waals surface area contributed by atoms with E-state index in [1.165, 1.54) is 25.5 Å². The standard InChI is InChI=1S/C26H34N4O3/c1-33-24-15-21(16-27-17-24)26(32)29-23-9-5-6-19(14-23)18-30-12-10-20(11-13-30)25(31)28-22-7-3-2-4-8-22/h5-6,9,14-17,20,22H,2-4,7-8,10-13,18H2,1H3,(H,28,31)(H,29,32). The first-order valence-corrected chi connectivity index (χ1v) is 12.0. The van der Waals surface area contributed by atoms with Crippen LogP contribution in [0, 0.1) is 5.92 Å². The van der Waals surface area contributed by atoms with Crippen LogP contribution in [0.25, 0.3) is 0 Å². The van der Waals surface area contributed by atoms with E-state index >= 15 is 0 Å². The molecule has 2 N–H and O–H groups in total. The van der Waals surface area contributed by atoms with Gasteiger partial charge in [0.1, 0.15) is 5.75 Å². The summed E-state index contributed by atoms with van der Waals surface area (Å²) in [4.78, 5) is 31.7. The summed E-state index contributed by atoms with van der Waals surface area (Å²) in [5.74, 6) is 0.708. The van der Waals surface area contributed by atoms with Gasteiger partial charge in [-0.3, -0.25) is 19.5 Å². The number of amides is 2. The van der Waals surface area contributed by atoms with Gasteiger partial charge in [0.25, 0.3) is 5.91 Å². The van der Waals surface area contributed by atoms with Crippen molar-refractivity contribution in [1.82, 2.24) is 15.2 Å². The molecule has 1 aliphatic carbocycles. The molecule has 7 heteroatoms. The van der Waals surface area contributed by atoms with Crippen LogP contribution < -0.4 is 15.4 Å². The third-order valence-electron chi connectivity index (χ3n) is 6.71. The van der Waals surface area contributed by atoms with Crippen molar-refractivity contribution in [3.8, 4) is 5.75 Å². The van der Waals surface area contributed by atoms with Crippen molar-refractivity contribution in [1.29, 1.82) is 0 Å². The number of benzene rings is 1. The van der Waals surface area contributed by atoms with Crippen LogP contribution in [0.2, 0.25) is 0 Å². The van der Waals surface area contributed by atoms with Gasteiger partial charge in [-0.1, -0.05) is 31.4 Å². The van der Waals surface area contributed by atoms with Gasteiger partial charge in [-0.05, 0) is 62.5 Å². The molecule has 0 atom stereocenters. The summed E-state index contributed by atoms with van der Waals surface area (Å²) in [6, 6.07) is 9.98. The maximum Gasteiger partial charge on any atom is 0.257 e. The van der Waals surface area contributed by atoms with Crippen molar-refractivity contribution in [2.75, 3.05) is 25.5 Å². The first-order chi connectivity index (χ1) is 16.1. The van der Waals surface area contributed by atoms with E-state index in [-0.39, 0.29) is 17.7 Å². The average Bonchev–Trinajstić information content (AvgIpc) is 2.85. The number of pyridine rings is 1. The highest BCUT2D eigenvalue weighted by Gasteiger charge is 2.27. The summed E-state index contributed by atoms with van der Waals surface area (Å²) >= 11 is 0. The fourth-order valence-electron chi connectivity index (χ4n) is 4.78. The van der Waals surface area contributed by atoms with Crippen LogP contribution in [0.3, 0.4) is 0 Å². The molecule has 1 saturated carbocycles. The first-order valence-electron chi connectivity index (χ1n) is 12.0. The van der Waals surface area contributed by atoms with E-state index in [0.717, 1.165) is 56.6 Å². The molecule has 2 fully saturated rings. The Morgan fingerprint density at radius 3 is 2.61 bits per heavy atom. The lowest BCUT2D eigenvalue weighted by molar-refractivity contribution is -0.127. The SMILES string of the molecule is COc1cncc(C(=O)Nc2cccc(CN3CCC(C(=O)NC4CCCCC4)CC3)c2)c1. The Hall–Kier alpha value is -2.93. The smallest absolute Gasteiger partial charge is 0.257 e. The molecule has 0 bridgehead atoms. The molecular formula is C26H34N4O3. The van der Waals surface area contributed by atoms with E-state index in [1.807, 2.05) is 18.2 Å². The molecule has 0 spiro atoms. The number of rotatable bonds is 7. The molecule has 2 amide bonds. The Bertz CT molecular complexity index is 950. The predicted molar refractivity (Wildman–Crippen MR) is 128 cm³/mol. The van der Waals surface area contributed by atoms with Crippen LogP contribution in [0.15, 0.2) is 42.7 Å². The van der Waals surface area contributed by atoms with E-state index in [0.29, 0.717) is 17.4 Å². The van der Waals surface area contributed by atoms with Crippen molar-refractivity contribution in [2.24, 2.45) is 5.92 Å². The molecule has 0 radical (unpaired) electrons. The highest BCUT2D eigenvalue weighted by molar-refractivity contribution is 6.04. The number of carbonyl (C=O) groups is 2. The summed E-state index contributed by atoms with van der Waals surface area (Å²) in [5, 5.41) is 6.23. The second-order valence-electron chi connectivity index (χ2n) is 9.16. The highest BCUT2D eigenvalue weighted by Crippen LogP contribution is 2.23. The largest absolute Gasteiger partial charge is 0.495 e. The molecule has 1 saturated heterocycles. The zero-order chi connectivity index (χ0) is 23.0. The minimum Gasteiger partial charge on any atom is -0.495 e. The Balaban J connectivity index is 1.26. The van der Waals surface area contributed by atoms with Crippen LogP contribution in [0.4, 0.5) is 5.69 Å². The summed E-state index contributed by atoms with van der Waals surface area (Å²) in [5.41, 5.74) is 2.34. The van der Waals surface area contributed by atoms with E-state index in [1.54, 1.807) is 19.4 Å². The van der Waals surface area contributed by atoms with Crippen molar-refractivity contribution >= 4 is 17.5 Å². The van der Waals surface area contributed by atoms with E-state index in [9.17, 15) is 9.59 Å². The lowest BCUT2D eigenvalue weighted by Crippen LogP contribution is -2.44. The number of piperidine rings is 1. The second-order valence-corrected chi connectivity index (χ2v) is 9.16. The molecular weight excluding hydrogens is 416 g/mol. The summed E-state index contributed by atoms with van der Waals surface area (Å²) in [6.07, 6.45) is 10.9. The van der Waals surface area contributed by atoms with Gasteiger partial charge in [0.2, 0.25) is 5.91 Å². The third kappa shape index (κ3) is 6.54. The number of hydrogen-bond donors (Lipinski definition) is 2. The molecule has 33 heavy (non-hydrogen) atoms. The van der Waals surface area contributed by atoms with Crippen LogP contribution in [0.1, 0.15) is 60.9 Å². The van der Waals surface area contributed by atoms with E-state index in [4.69, 9.17) is 4.74 Å². The number of hydrogen-bond acceptors (Lipinski definition) is 5. The second kappa shape index (κ2) is 11.3. The monoisotopic (exact) mass is 450 g/mol. The lowest BCUT2D eigenvalue weighted by Gasteiger charge is -2.32. The number of nitrogens with one attached hydrogen (secondary N) is 2. The normalized spacial score (nSPS) is 18.0. The fraction of sp³-hybridized carbons (Fsp3) is 0.500. The van der Waals surface area contributed by atoms with Crippen LogP contribution in [-0.2, 0) is 11.3 Å². The maximum absolute atomic E-state index is 12.7. The Kier molecular flexibility index (Phi) is 7.94. The summed E-state index contributed by atoms with van der Waals surface area (Å²) < 4.78 is 5.15. The Labute approximate surface area is 195 Å². The number of anilines is 1. The molecule has 4 rings (SSSR count). The molecule has 176 valence electrons. The van der Waals surface area contributed by atoms with Gasteiger partial charge in [0.05, 0.1) is 18.9 Å². The van der Waals surface area contributed by atoms with Gasteiger partial charge in [-0.25, -0.2) is 0 Å². The van der Waals surface area contributed by atoms with Crippen molar-refractivity contribution in [3.63, 3.8) is 0 Å². The molecule has 1 aliphatic heterocycles. The van der Waals surface area contributed by atoms with Crippen LogP contribution in [-0.4, -0.2) is 47.9 Å². The molecule has 7 nitrogen and oxygen atoms in total. The third-order valence-corrected chi connectivity index (χ3v) is 6.71. The fourth-order valence-corrected chi connectivity index (χ4v) is 4.78. The maximum atomic E-state index is 12.7. The predicted octanol–water partition coefficient (Wildman–Crippen LogP) is 4.00. The van der Waals surface area contributed by atoms with Gasteiger partial charge in [0.15, 0.2) is 0 Å². The minimum atomic E-state index is -0.219. The van der Waals surface area contributed by atoms with Gasteiger partial charge in [-0.2, -0.15) is 0 Å². The quantitative estimate of drug-likeness (QED) is 0.666. The summed E-state index contributed by atoms with van der Waals surface area (Å²) in [6.45, 7) is 2.63. The van der Waals surface area contributed by atoms with E-state index in [2.05, 4.69) is 26.6 Å². The van der Waals surface area contributed by atoms with Gasteiger partial charge in [0, 0.05) is 30.4 Å². The van der Waals surface area contributed by atoms with Crippen LogP contribution >= 0.6 is 0 Å². The van der Waals surface area contributed by atoms with Crippen LogP contribution in [0.5, 0.6) is 5.75 Å². The number of nitrogens with zero attached hydrogens (tertiary/aromatic N) is 2. The Morgan fingerprint density at radius 1 is 1.06 bits per heavy atom. The Morgan fingerprint density at radius 2 is 1.85 bits per heavy atom. The number of likely N-dealkylation sites (tertiary alicyclic amines) is 1. The average molecular weight is 451 g/mol. The number of carbonyl (C=O) groups excluding carboxylic acids is 2. The first kappa shape index (κ1) is 23.2. The van der Waals surface area contributed by atoms with Gasteiger partial charge >= 0.3 is 0 Å². The van der Waals surface area contributed by atoms with Crippen molar-refractivity contribution < 1.29 is 14.3 Å². The number of methoxy groups -OCH3 is 1. The molecule has 0 unspecified atom stereocenters. The topological polar surface area (TPSA) is 83.6 Å². The molecule has 1 aromatic carbocycles. The summed E-state index contributed by atoms with van der Waals surface area (Å²) in [7, 11) is 1.55. The zero-order valence-corrected chi connectivity index (χ0v) is 19.4. The molecule has 1 aromatic heterocycles. The molecule has 2 aromatic rings. The van der Waals surface area contributed by atoms with Crippen molar-refractivity contribution in [3.05, 3.63) is 53.9 Å². The minimum absolute atomic E-state index is 0.130. The number of aromatic nitrogens is 1. The molecule has 2 aliphatic rings. The lowest BCUT2D eigenvalue weighted by atomic mass is 9.92. The molecule has 2 heterocycles.